The van der Waals surface area contributed by atoms with Crippen molar-refractivity contribution < 1.29 is 32.2 Å². The largest absolute Gasteiger partial charge is 0.493 e. The van der Waals surface area contributed by atoms with E-state index in [4.69, 9.17) is 14.2 Å². The van der Waals surface area contributed by atoms with Crippen LogP contribution in [0.1, 0.15) is 38.1 Å². The van der Waals surface area contributed by atoms with Gasteiger partial charge >= 0.3 is 5.97 Å². The molecule has 0 saturated carbocycles. The van der Waals surface area contributed by atoms with Crippen molar-refractivity contribution in [2.24, 2.45) is 5.92 Å². The van der Waals surface area contributed by atoms with Gasteiger partial charge in [0.1, 0.15) is 0 Å². The number of carbonyl (C=O) groups excluding carboxylic acids is 2. The molecule has 0 unspecified atom stereocenters. The van der Waals surface area contributed by atoms with Gasteiger partial charge in [0, 0.05) is 18.8 Å². The van der Waals surface area contributed by atoms with Crippen LogP contribution in [0.15, 0.2) is 47.4 Å². The van der Waals surface area contributed by atoms with Gasteiger partial charge < -0.3 is 19.5 Å². The first-order chi connectivity index (χ1) is 16.1. The van der Waals surface area contributed by atoms with Gasteiger partial charge in [-0.2, -0.15) is 4.31 Å². The smallest absolute Gasteiger partial charge is 0.338 e. The van der Waals surface area contributed by atoms with Gasteiger partial charge in [0.15, 0.2) is 18.1 Å². The predicted molar refractivity (Wildman–Crippen MR) is 129 cm³/mol. The third-order valence-corrected chi connectivity index (χ3v) is 6.85. The van der Waals surface area contributed by atoms with Crippen molar-refractivity contribution in [3.8, 4) is 11.5 Å². The fourth-order valence-electron chi connectivity index (χ4n) is 3.00. The number of hydrogen-bond donors (Lipinski definition) is 1. The molecule has 186 valence electrons. The lowest BCUT2D eigenvalue weighted by atomic mass is 10.2. The van der Waals surface area contributed by atoms with Crippen LogP contribution in [0.2, 0.25) is 0 Å². The topological polar surface area (TPSA) is 111 Å². The van der Waals surface area contributed by atoms with E-state index in [9.17, 15) is 18.0 Å². The Kier molecular flexibility index (Phi) is 9.88. The normalized spacial score (nSPS) is 11.4. The second kappa shape index (κ2) is 12.4. The summed E-state index contributed by atoms with van der Waals surface area (Å²) in [6, 6.07) is 10.5. The minimum atomic E-state index is -3.58. The molecule has 34 heavy (non-hydrogen) atoms. The van der Waals surface area contributed by atoms with Crippen LogP contribution < -0.4 is 14.8 Å². The fraction of sp³-hybridized carbons (Fsp3) is 0.417. The minimum absolute atomic E-state index is 0.135. The second-order valence-electron chi connectivity index (χ2n) is 7.81. The van der Waals surface area contributed by atoms with E-state index in [0.29, 0.717) is 42.8 Å². The number of anilines is 1. The number of amides is 1. The van der Waals surface area contributed by atoms with Gasteiger partial charge in [-0.3, -0.25) is 4.79 Å². The number of benzene rings is 2. The Morgan fingerprint density at radius 1 is 1.00 bits per heavy atom. The summed E-state index contributed by atoms with van der Waals surface area (Å²) < 4.78 is 42.4. The van der Waals surface area contributed by atoms with Crippen molar-refractivity contribution in [3.63, 3.8) is 0 Å². The summed E-state index contributed by atoms with van der Waals surface area (Å²) in [5, 5.41) is 2.57. The summed E-state index contributed by atoms with van der Waals surface area (Å²) in [7, 11) is -2.11. The molecule has 2 rings (SSSR count). The Morgan fingerprint density at radius 3 is 2.21 bits per heavy atom. The molecule has 0 radical (unpaired) electrons. The highest BCUT2D eigenvalue weighted by Crippen LogP contribution is 2.28. The number of methoxy groups -OCH3 is 1. The highest BCUT2D eigenvalue weighted by atomic mass is 32.2. The summed E-state index contributed by atoms with van der Waals surface area (Å²) in [5.74, 6) is -0.0202. The number of ether oxygens (including phenoxy) is 3. The van der Waals surface area contributed by atoms with Crippen molar-refractivity contribution in [2.45, 2.75) is 32.6 Å². The Morgan fingerprint density at radius 2 is 1.65 bits per heavy atom. The number of nitrogens with zero attached hydrogens (tertiary/aromatic N) is 1. The Hall–Kier alpha value is -3.11. The lowest BCUT2D eigenvalue weighted by molar-refractivity contribution is -0.119. The molecule has 0 saturated heterocycles. The Bertz CT molecular complexity index is 1080. The van der Waals surface area contributed by atoms with Gasteiger partial charge in [-0.15, -0.1) is 0 Å². The van der Waals surface area contributed by atoms with E-state index in [1.165, 1.54) is 47.8 Å². The van der Waals surface area contributed by atoms with E-state index in [2.05, 4.69) is 5.32 Å². The maximum Gasteiger partial charge on any atom is 0.338 e. The number of rotatable bonds is 12. The zero-order valence-corrected chi connectivity index (χ0v) is 21.0. The molecule has 0 aliphatic heterocycles. The molecule has 0 aliphatic carbocycles. The van der Waals surface area contributed by atoms with Crippen molar-refractivity contribution in [1.29, 1.82) is 0 Å². The summed E-state index contributed by atoms with van der Waals surface area (Å²) in [6.07, 6.45) is 0. The van der Waals surface area contributed by atoms with Gasteiger partial charge in [0.2, 0.25) is 10.0 Å². The molecule has 0 spiro atoms. The first-order valence-corrected chi connectivity index (χ1v) is 12.4. The number of carbonyl (C=O) groups is 2. The van der Waals surface area contributed by atoms with Gasteiger partial charge in [-0.1, -0.05) is 27.7 Å². The average Bonchev–Trinajstić information content (AvgIpc) is 2.82. The number of nitrogens with one attached hydrogen (secondary N) is 1. The van der Waals surface area contributed by atoms with Gasteiger partial charge in [0.05, 0.1) is 24.2 Å². The van der Waals surface area contributed by atoms with Crippen LogP contribution in [-0.4, -0.2) is 58.0 Å². The van der Waals surface area contributed by atoms with E-state index >= 15 is 0 Å². The van der Waals surface area contributed by atoms with E-state index in [-0.39, 0.29) is 10.5 Å². The molecule has 1 amide bonds. The third-order valence-electron chi connectivity index (χ3n) is 4.79. The standard InChI is InChI=1S/C24H32N2O7S/c1-6-26(7-2)34(29,30)20-11-9-19(10-12-20)25-23(27)16-33-24(28)18-8-13-21(22(14-18)31-5)32-15-17(3)4/h8-14,17H,6-7,15-16H2,1-5H3,(H,25,27). The van der Waals surface area contributed by atoms with Gasteiger partial charge in [-0.25, -0.2) is 13.2 Å². The van der Waals surface area contributed by atoms with Gasteiger partial charge in [0.25, 0.3) is 5.91 Å². The quantitative estimate of drug-likeness (QED) is 0.451. The summed E-state index contributed by atoms with van der Waals surface area (Å²) in [5.41, 5.74) is 0.598. The van der Waals surface area contributed by atoms with Crippen LogP contribution in [0.4, 0.5) is 5.69 Å². The summed E-state index contributed by atoms with van der Waals surface area (Å²) >= 11 is 0. The maximum absolute atomic E-state index is 12.5. The Balaban J connectivity index is 1.95. The van der Waals surface area contributed by atoms with Crippen LogP contribution in [-0.2, 0) is 19.6 Å². The highest BCUT2D eigenvalue weighted by molar-refractivity contribution is 7.89. The molecular weight excluding hydrogens is 460 g/mol. The van der Waals surface area contributed by atoms with Crippen molar-refractivity contribution >= 4 is 27.6 Å². The van der Waals surface area contributed by atoms with Crippen LogP contribution in [0.5, 0.6) is 11.5 Å². The minimum Gasteiger partial charge on any atom is -0.493 e. The third kappa shape index (κ3) is 7.19. The van der Waals surface area contributed by atoms with Crippen molar-refractivity contribution in [3.05, 3.63) is 48.0 Å². The van der Waals surface area contributed by atoms with Gasteiger partial charge in [-0.05, 0) is 48.4 Å². The maximum atomic E-state index is 12.5. The number of sulfonamides is 1. The first-order valence-electron chi connectivity index (χ1n) is 11.0. The lowest BCUT2D eigenvalue weighted by Crippen LogP contribution is -2.30. The van der Waals surface area contributed by atoms with Crippen molar-refractivity contribution in [2.75, 3.05) is 38.7 Å². The second-order valence-corrected chi connectivity index (χ2v) is 9.75. The molecule has 1 N–H and O–H groups in total. The van der Waals surface area contributed by atoms with Crippen LogP contribution in [0.3, 0.4) is 0 Å². The fourth-order valence-corrected chi connectivity index (χ4v) is 4.46. The summed E-state index contributed by atoms with van der Waals surface area (Å²) in [4.78, 5) is 24.7. The Labute approximate surface area is 201 Å². The van der Waals surface area contributed by atoms with E-state index in [1.54, 1.807) is 19.9 Å². The molecule has 9 nitrogen and oxygen atoms in total. The van der Waals surface area contributed by atoms with E-state index < -0.39 is 28.5 Å². The first kappa shape index (κ1) is 27.1. The molecular formula is C24H32N2O7S. The monoisotopic (exact) mass is 492 g/mol. The molecule has 10 heteroatoms. The summed E-state index contributed by atoms with van der Waals surface area (Å²) in [6.45, 7) is 8.29. The predicted octanol–water partition coefficient (Wildman–Crippen LogP) is 3.56. The SMILES string of the molecule is CCN(CC)S(=O)(=O)c1ccc(NC(=O)COC(=O)c2ccc(OCC(C)C)c(OC)c2)cc1. The molecule has 0 aromatic heterocycles. The molecule has 0 aliphatic rings. The molecule has 0 bridgehead atoms. The van der Waals surface area contributed by atoms with E-state index in [1.807, 2.05) is 13.8 Å². The highest BCUT2D eigenvalue weighted by Gasteiger charge is 2.21. The lowest BCUT2D eigenvalue weighted by Gasteiger charge is -2.18. The number of esters is 1. The van der Waals surface area contributed by atoms with Crippen molar-refractivity contribution in [1.82, 2.24) is 4.31 Å². The molecule has 0 atom stereocenters. The molecule has 2 aromatic rings. The average molecular weight is 493 g/mol. The van der Waals surface area contributed by atoms with Crippen LogP contribution in [0, 0.1) is 5.92 Å². The zero-order chi connectivity index (χ0) is 25.3. The van der Waals surface area contributed by atoms with Crippen LogP contribution in [0.25, 0.3) is 0 Å². The van der Waals surface area contributed by atoms with Crippen LogP contribution >= 0.6 is 0 Å². The zero-order valence-electron chi connectivity index (χ0n) is 20.2. The van der Waals surface area contributed by atoms with E-state index in [0.717, 1.165) is 0 Å². The molecule has 0 fully saturated rings. The number of hydrogen-bond acceptors (Lipinski definition) is 7. The molecule has 0 heterocycles. The molecule has 2 aromatic carbocycles.